The van der Waals surface area contributed by atoms with Gasteiger partial charge in [0.25, 0.3) is 5.91 Å². The van der Waals surface area contributed by atoms with Crippen LogP contribution in [-0.2, 0) is 12.0 Å². The molecule has 2 aromatic carbocycles. The van der Waals surface area contributed by atoms with Crippen molar-refractivity contribution in [3.63, 3.8) is 0 Å². The maximum absolute atomic E-state index is 12.1. The first kappa shape index (κ1) is 21.3. The molecule has 1 saturated heterocycles. The predicted octanol–water partition coefficient (Wildman–Crippen LogP) is 3.93. The van der Waals surface area contributed by atoms with Crippen molar-refractivity contribution in [2.24, 2.45) is 5.92 Å². The van der Waals surface area contributed by atoms with Crippen LogP contribution in [0.1, 0.15) is 42.3 Å². The van der Waals surface area contributed by atoms with E-state index in [1.54, 1.807) is 0 Å². The van der Waals surface area contributed by atoms with Crippen LogP contribution in [0, 0.1) is 5.92 Å². The lowest BCUT2D eigenvalue weighted by Gasteiger charge is -2.27. The van der Waals surface area contributed by atoms with Crippen molar-refractivity contribution in [1.82, 2.24) is 10.6 Å². The van der Waals surface area contributed by atoms with Gasteiger partial charge in [-0.3, -0.25) is 4.79 Å². The Kier molecular flexibility index (Phi) is 7.28. The fraction of sp³-hybridized carbons (Fsp3) is 0.409. The van der Waals surface area contributed by atoms with Crippen molar-refractivity contribution in [2.45, 2.75) is 32.8 Å². The van der Waals surface area contributed by atoms with Crippen LogP contribution in [0.15, 0.2) is 48.5 Å². The Labute approximate surface area is 168 Å². The molecule has 0 saturated carbocycles. The number of amides is 1. The second-order valence-corrected chi connectivity index (χ2v) is 7.99. The fourth-order valence-corrected chi connectivity index (χ4v) is 2.80. The fourth-order valence-electron chi connectivity index (χ4n) is 2.80. The molecule has 0 atom stereocenters. The molecule has 0 radical (unpaired) electrons. The summed E-state index contributed by atoms with van der Waals surface area (Å²) in [5, 5.41) is 6.19. The minimum absolute atomic E-state index is 0. The molecule has 0 aliphatic carbocycles. The normalized spacial score (nSPS) is 14.0. The Bertz CT molecular complexity index is 732. The van der Waals surface area contributed by atoms with Gasteiger partial charge in [0.15, 0.2) is 0 Å². The lowest BCUT2D eigenvalue weighted by atomic mass is 9.87. The van der Waals surface area contributed by atoms with Crippen LogP contribution in [0.5, 0.6) is 5.75 Å². The van der Waals surface area contributed by atoms with E-state index in [1.807, 2.05) is 36.4 Å². The maximum atomic E-state index is 12.1. The first-order chi connectivity index (χ1) is 12.4. The number of hydrogen-bond donors (Lipinski definition) is 2. The third-order valence-electron chi connectivity index (χ3n) is 4.76. The van der Waals surface area contributed by atoms with E-state index in [-0.39, 0.29) is 23.7 Å². The Morgan fingerprint density at radius 1 is 1.07 bits per heavy atom. The minimum atomic E-state index is -0.0119. The molecule has 0 aromatic heterocycles. The van der Waals surface area contributed by atoms with Crippen molar-refractivity contribution in [3.05, 3.63) is 65.2 Å². The first-order valence-electron chi connectivity index (χ1n) is 9.23. The summed E-state index contributed by atoms with van der Waals surface area (Å²) in [5.41, 5.74) is 3.17. The van der Waals surface area contributed by atoms with Gasteiger partial charge in [-0.15, -0.1) is 12.4 Å². The van der Waals surface area contributed by atoms with Crippen LogP contribution < -0.4 is 15.4 Å². The monoisotopic (exact) mass is 388 g/mol. The number of ether oxygens (including phenoxy) is 1. The number of carbonyl (C=O) groups is 1. The second kappa shape index (κ2) is 9.25. The Morgan fingerprint density at radius 2 is 1.70 bits per heavy atom. The number of nitrogens with one attached hydrogen (secondary N) is 2. The lowest BCUT2D eigenvalue weighted by molar-refractivity contribution is 0.0942. The topological polar surface area (TPSA) is 50.4 Å². The van der Waals surface area contributed by atoms with E-state index >= 15 is 0 Å². The highest BCUT2D eigenvalue weighted by Gasteiger charge is 2.17. The molecule has 1 aliphatic heterocycles. The molecule has 0 bridgehead atoms. The van der Waals surface area contributed by atoms with E-state index < -0.39 is 0 Å². The summed E-state index contributed by atoms with van der Waals surface area (Å²) >= 11 is 0. The van der Waals surface area contributed by atoms with Crippen molar-refractivity contribution in [3.8, 4) is 5.75 Å². The summed E-state index contributed by atoms with van der Waals surface area (Å²) in [6.07, 6.45) is 0. The van der Waals surface area contributed by atoms with Crippen LogP contribution in [0.4, 0.5) is 0 Å². The zero-order valence-electron chi connectivity index (χ0n) is 16.2. The minimum Gasteiger partial charge on any atom is -0.489 e. The highest BCUT2D eigenvalue weighted by atomic mass is 35.5. The molecule has 1 amide bonds. The van der Waals surface area contributed by atoms with Crippen LogP contribution in [-0.4, -0.2) is 25.5 Å². The molecule has 2 aromatic rings. The molecule has 0 spiro atoms. The Morgan fingerprint density at radius 3 is 2.22 bits per heavy atom. The molecule has 0 unspecified atom stereocenters. The van der Waals surface area contributed by atoms with Gasteiger partial charge in [0.1, 0.15) is 12.4 Å². The smallest absolute Gasteiger partial charge is 0.251 e. The summed E-state index contributed by atoms with van der Waals surface area (Å²) in [5.74, 6) is 1.41. The van der Waals surface area contributed by atoms with Gasteiger partial charge in [-0.2, -0.15) is 0 Å². The van der Waals surface area contributed by atoms with Gasteiger partial charge in [-0.05, 0) is 40.8 Å². The number of rotatable bonds is 6. The number of benzene rings is 2. The number of halogens is 1. The van der Waals surface area contributed by atoms with E-state index in [2.05, 4.69) is 43.5 Å². The molecule has 2 N–H and O–H groups in total. The summed E-state index contributed by atoms with van der Waals surface area (Å²) in [4.78, 5) is 12.1. The first-order valence-corrected chi connectivity index (χ1v) is 9.23. The number of hydrogen-bond acceptors (Lipinski definition) is 3. The van der Waals surface area contributed by atoms with Crippen molar-refractivity contribution >= 4 is 18.3 Å². The third kappa shape index (κ3) is 5.98. The van der Waals surface area contributed by atoms with Crippen LogP contribution in [0.3, 0.4) is 0 Å². The standard InChI is InChI=1S/C22H28N2O2.ClH/c1-22(2,3)19-8-10-20(11-9-19)26-15-16-4-6-18(7-5-16)21(25)24-14-17-12-23-13-17;/h4-11,17,23H,12-15H2,1-3H3,(H,24,25);1H. The van der Waals surface area contributed by atoms with Gasteiger partial charge in [0.05, 0.1) is 0 Å². The van der Waals surface area contributed by atoms with Crippen molar-refractivity contribution in [2.75, 3.05) is 19.6 Å². The summed E-state index contributed by atoms with van der Waals surface area (Å²) in [6.45, 7) is 9.81. The molecule has 1 heterocycles. The molecular formula is C22H29ClN2O2. The zero-order chi connectivity index (χ0) is 18.6. The van der Waals surface area contributed by atoms with E-state index in [9.17, 15) is 4.79 Å². The average molecular weight is 389 g/mol. The van der Waals surface area contributed by atoms with E-state index in [0.717, 1.165) is 30.9 Å². The molecule has 5 heteroatoms. The summed E-state index contributed by atoms with van der Waals surface area (Å²) < 4.78 is 5.85. The van der Waals surface area contributed by atoms with Crippen LogP contribution >= 0.6 is 12.4 Å². The summed E-state index contributed by atoms with van der Waals surface area (Å²) in [7, 11) is 0. The highest BCUT2D eigenvalue weighted by molar-refractivity contribution is 5.94. The van der Waals surface area contributed by atoms with Crippen molar-refractivity contribution in [1.29, 1.82) is 0 Å². The summed E-state index contributed by atoms with van der Waals surface area (Å²) in [6, 6.07) is 15.9. The Hall–Kier alpha value is -2.04. The predicted molar refractivity (Wildman–Crippen MR) is 112 cm³/mol. The highest BCUT2D eigenvalue weighted by Crippen LogP contribution is 2.24. The number of carbonyl (C=O) groups excluding carboxylic acids is 1. The lowest BCUT2D eigenvalue weighted by Crippen LogP contribution is -2.48. The van der Waals surface area contributed by atoms with Gasteiger partial charge in [0.2, 0.25) is 0 Å². The van der Waals surface area contributed by atoms with Crippen LogP contribution in [0.25, 0.3) is 0 Å². The van der Waals surface area contributed by atoms with E-state index in [1.165, 1.54) is 5.56 Å². The second-order valence-electron chi connectivity index (χ2n) is 7.99. The van der Waals surface area contributed by atoms with Gasteiger partial charge >= 0.3 is 0 Å². The molecule has 146 valence electrons. The molecule has 27 heavy (non-hydrogen) atoms. The molecule has 4 nitrogen and oxygen atoms in total. The molecule has 1 aliphatic rings. The third-order valence-corrected chi connectivity index (χ3v) is 4.76. The van der Waals surface area contributed by atoms with E-state index in [4.69, 9.17) is 4.74 Å². The molecule has 3 rings (SSSR count). The largest absolute Gasteiger partial charge is 0.489 e. The van der Waals surface area contributed by atoms with Gasteiger partial charge in [-0.25, -0.2) is 0 Å². The average Bonchev–Trinajstić information content (AvgIpc) is 2.58. The molecular weight excluding hydrogens is 360 g/mol. The van der Waals surface area contributed by atoms with Crippen LogP contribution in [0.2, 0.25) is 0 Å². The van der Waals surface area contributed by atoms with Gasteiger partial charge in [0, 0.05) is 31.1 Å². The zero-order valence-corrected chi connectivity index (χ0v) is 17.1. The van der Waals surface area contributed by atoms with Gasteiger partial charge in [-0.1, -0.05) is 45.0 Å². The van der Waals surface area contributed by atoms with Gasteiger partial charge < -0.3 is 15.4 Å². The quantitative estimate of drug-likeness (QED) is 0.788. The maximum Gasteiger partial charge on any atom is 0.251 e. The van der Waals surface area contributed by atoms with Crippen molar-refractivity contribution < 1.29 is 9.53 Å². The van der Waals surface area contributed by atoms with E-state index in [0.29, 0.717) is 18.1 Å². The Balaban J connectivity index is 0.00000261. The molecule has 1 fully saturated rings. The SMILES string of the molecule is CC(C)(C)c1ccc(OCc2ccc(C(=O)NCC3CNC3)cc2)cc1.Cl.